The second-order valence-corrected chi connectivity index (χ2v) is 7.82. The third kappa shape index (κ3) is 14.6. The third-order valence-corrected chi connectivity index (χ3v) is 5.22. The highest BCUT2D eigenvalue weighted by Crippen LogP contribution is 2.15. The molecule has 0 saturated carbocycles. The van der Waals surface area contributed by atoms with Crippen LogP contribution in [0.5, 0.6) is 0 Å². The fraction of sp³-hybridized carbons (Fsp3) is 0.684. The molecule has 9 nitrogen and oxygen atoms in total. The topological polar surface area (TPSA) is 159 Å². The van der Waals surface area contributed by atoms with Gasteiger partial charge in [0, 0.05) is 17.9 Å². The predicted molar refractivity (Wildman–Crippen MR) is 113 cm³/mol. The first-order chi connectivity index (χ1) is 13.7. The Morgan fingerprint density at radius 1 is 1.10 bits per heavy atom. The number of hydrogen-bond acceptors (Lipinski definition) is 6. The van der Waals surface area contributed by atoms with Gasteiger partial charge in [0.2, 0.25) is 11.8 Å². The summed E-state index contributed by atoms with van der Waals surface area (Å²) in [4.78, 5) is 45.6. The molecule has 0 aromatic heterocycles. The van der Waals surface area contributed by atoms with Crippen LogP contribution in [0, 0.1) is 0 Å². The quantitative estimate of drug-likeness (QED) is 0.169. The lowest BCUT2D eigenvalue weighted by atomic mass is 10.1. The van der Waals surface area contributed by atoms with Gasteiger partial charge in [-0.05, 0) is 19.3 Å². The van der Waals surface area contributed by atoms with E-state index < -0.39 is 42.4 Å². The minimum Gasteiger partial charge on any atom is -0.480 e. The number of amides is 2. The second-order valence-electron chi connectivity index (χ2n) is 6.79. The van der Waals surface area contributed by atoms with Crippen LogP contribution in [0.3, 0.4) is 0 Å². The van der Waals surface area contributed by atoms with Crippen molar-refractivity contribution in [2.75, 3.05) is 18.1 Å². The molecule has 0 bridgehead atoms. The van der Waals surface area contributed by atoms with Crippen LogP contribution < -0.4 is 16.4 Å². The summed E-state index contributed by atoms with van der Waals surface area (Å²) in [5, 5.41) is 22.2. The molecule has 0 heterocycles. The fourth-order valence-electron chi connectivity index (χ4n) is 2.34. The molecular weight excluding hydrogens is 398 g/mol. The van der Waals surface area contributed by atoms with Crippen molar-refractivity contribution in [3.8, 4) is 0 Å². The zero-order valence-electron chi connectivity index (χ0n) is 16.9. The van der Waals surface area contributed by atoms with Crippen LogP contribution in [-0.4, -0.2) is 64.1 Å². The molecule has 29 heavy (non-hydrogen) atoms. The summed E-state index contributed by atoms with van der Waals surface area (Å²) in [7, 11) is 0. The Balaban J connectivity index is 4.55. The largest absolute Gasteiger partial charge is 0.480 e. The molecule has 0 aliphatic carbocycles. The third-order valence-electron chi connectivity index (χ3n) is 4.04. The van der Waals surface area contributed by atoms with E-state index in [-0.39, 0.29) is 18.6 Å². The summed E-state index contributed by atoms with van der Waals surface area (Å²) in [6, 6.07) is -2.09. The van der Waals surface area contributed by atoms with Crippen LogP contribution in [0.2, 0.25) is 0 Å². The normalized spacial score (nSPS) is 12.6. The molecule has 10 heteroatoms. The standard InChI is InChI=1S/C19H33N3O6S/c1-3-4-5-6-7-13(2)11-29-12-15(18(26)21-10-17(24)25)22-16(23)9-8-14(20)19(27)28/h14-15H,2-12,20H2,1H3,(H,21,26)(H,22,23)(H,24,25)(H,27,28)/t14-,15-/m0/s1. The number of carboxylic acids is 2. The maximum atomic E-state index is 12.2. The highest BCUT2D eigenvalue weighted by molar-refractivity contribution is 7.99. The monoisotopic (exact) mass is 431 g/mol. The van der Waals surface area contributed by atoms with Crippen molar-refractivity contribution in [2.45, 2.75) is 64.0 Å². The molecule has 0 aromatic rings. The van der Waals surface area contributed by atoms with Crippen molar-refractivity contribution in [2.24, 2.45) is 5.73 Å². The van der Waals surface area contributed by atoms with Gasteiger partial charge >= 0.3 is 11.9 Å². The number of carbonyl (C=O) groups excluding carboxylic acids is 2. The molecule has 0 saturated heterocycles. The van der Waals surface area contributed by atoms with Crippen molar-refractivity contribution in [1.82, 2.24) is 10.6 Å². The van der Waals surface area contributed by atoms with E-state index in [4.69, 9.17) is 15.9 Å². The van der Waals surface area contributed by atoms with Crippen molar-refractivity contribution in [3.63, 3.8) is 0 Å². The van der Waals surface area contributed by atoms with Gasteiger partial charge in [-0.1, -0.05) is 38.3 Å². The Kier molecular flexibility index (Phi) is 14.7. The van der Waals surface area contributed by atoms with Gasteiger partial charge in [-0.3, -0.25) is 19.2 Å². The average molecular weight is 432 g/mol. The lowest BCUT2D eigenvalue weighted by Gasteiger charge is -2.18. The van der Waals surface area contributed by atoms with Gasteiger partial charge in [0.1, 0.15) is 18.6 Å². The van der Waals surface area contributed by atoms with Crippen LogP contribution >= 0.6 is 11.8 Å². The maximum absolute atomic E-state index is 12.2. The van der Waals surface area contributed by atoms with Crippen LogP contribution in [-0.2, 0) is 19.2 Å². The molecule has 0 fully saturated rings. The van der Waals surface area contributed by atoms with E-state index in [0.29, 0.717) is 5.75 Å². The first kappa shape index (κ1) is 26.9. The molecule has 0 aliphatic heterocycles. The minimum atomic E-state index is -1.21. The number of carboxylic acid groups (broad SMARTS) is 2. The summed E-state index contributed by atoms with van der Waals surface area (Å²) >= 11 is 1.43. The number of hydrogen-bond donors (Lipinski definition) is 5. The van der Waals surface area contributed by atoms with Gasteiger partial charge in [-0.2, -0.15) is 11.8 Å². The molecule has 0 spiro atoms. The first-order valence-corrected chi connectivity index (χ1v) is 10.8. The van der Waals surface area contributed by atoms with Crippen molar-refractivity contribution < 1.29 is 29.4 Å². The molecule has 166 valence electrons. The number of thioether (sulfide) groups is 1. The lowest BCUT2D eigenvalue weighted by molar-refractivity contribution is -0.139. The Morgan fingerprint density at radius 3 is 2.38 bits per heavy atom. The summed E-state index contributed by atoms with van der Waals surface area (Å²) in [5.41, 5.74) is 6.42. The Morgan fingerprint density at radius 2 is 1.79 bits per heavy atom. The molecule has 0 radical (unpaired) electrons. The first-order valence-electron chi connectivity index (χ1n) is 9.69. The maximum Gasteiger partial charge on any atom is 0.322 e. The number of unbranched alkanes of at least 4 members (excludes halogenated alkanes) is 3. The van der Waals surface area contributed by atoms with E-state index in [1.54, 1.807) is 0 Å². The number of nitrogens with two attached hydrogens (primary N) is 1. The minimum absolute atomic E-state index is 0.0632. The van der Waals surface area contributed by atoms with Crippen LogP contribution in [0.15, 0.2) is 12.2 Å². The molecule has 0 aliphatic rings. The van der Waals surface area contributed by atoms with Gasteiger partial charge in [-0.15, -0.1) is 0 Å². The molecule has 0 rings (SSSR count). The highest BCUT2D eigenvalue weighted by atomic mass is 32.2. The van der Waals surface area contributed by atoms with Crippen LogP contribution in [0.1, 0.15) is 51.9 Å². The number of aliphatic carboxylic acids is 2. The SMILES string of the molecule is C=C(CCCCCC)CSC[C@H](NC(=O)CC[C@H](N)C(=O)O)C(=O)NCC(=O)O. The second kappa shape index (κ2) is 15.8. The van der Waals surface area contributed by atoms with Gasteiger partial charge in [-0.25, -0.2) is 0 Å². The zero-order valence-corrected chi connectivity index (χ0v) is 17.8. The van der Waals surface area contributed by atoms with E-state index in [1.807, 2.05) is 0 Å². The average Bonchev–Trinajstić information content (AvgIpc) is 2.66. The molecule has 6 N–H and O–H groups in total. The fourth-order valence-corrected chi connectivity index (χ4v) is 3.36. The van der Waals surface area contributed by atoms with Crippen molar-refractivity contribution >= 4 is 35.5 Å². The highest BCUT2D eigenvalue weighted by Gasteiger charge is 2.22. The molecule has 0 unspecified atom stereocenters. The van der Waals surface area contributed by atoms with E-state index in [2.05, 4.69) is 24.1 Å². The number of rotatable bonds is 17. The Labute approximate surface area is 175 Å². The summed E-state index contributed by atoms with van der Waals surface area (Å²) < 4.78 is 0. The molecule has 2 amide bonds. The molecule has 2 atom stereocenters. The van der Waals surface area contributed by atoms with Gasteiger partial charge in [0.15, 0.2) is 0 Å². The zero-order chi connectivity index (χ0) is 22.2. The summed E-state index contributed by atoms with van der Waals surface area (Å²) in [6.07, 6.45) is 5.25. The van der Waals surface area contributed by atoms with Gasteiger partial charge < -0.3 is 26.6 Å². The lowest BCUT2D eigenvalue weighted by Crippen LogP contribution is -2.49. The summed E-state index contributed by atoms with van der Waals surface area (Å²) in [6.45, 7) is 5.61. The van der Waals surface area contributed by atoms with E-state index in [0.717, 1.165) is 31.3 Å². The number of nitrogens with one attached hydrogen (secondary N) is 2. The summed E-state index contributed by atoms with van der Waals surface area (Å²) in [5.74, 6) is -2.64. The van der Waals surface area contributed by atoms with Crippen LogP contribution in [0.25, 0.3) is 0 Å². The van der Waals surface area contributed by atoms with E-state index >= 15 is 0 Å². The van der Waals surface area contributed by atoms with Crippen molar-refractivity contribution in [3.05, 3.63) is 12.2 Å². The van der Waals surface area contributed by atoms with E-state index in [9.17, 15) is 19.2 Å². The Hall–Kier alpha value is -2.07. The van der Waals surface area contributed by atoms with Crippen molar-refractivity contribution in [1.29, 1.82) is 0 Å². The molecular formula is C19H33N3O6S. The smallest absolute Gasteiger partial charge is 0.322 e. The van der Waals surface area contributed by atoms with Gasteiger partial charge in [0.25, 0.3) is 0 Å². The van der Waals surface area contributed by atoms with Crippen LogP contribution in [0.4, 0.5) is 0 Å². The Bertz CT molecular complexity index is 570. The number of carbonyl (C=O) groups is 4. The van der Waals surface area contributed by atoms with E-state index in [1.165, 1.54) is 18.2 Å². The van der Waals surface area contributed by atoms with Gasteiger partial charge in [0.05, 0.1) is 0 Å². The predicted octanol–water partition coefficient (Wildman–Crippen LogP) is 1.12. The molecule has 0 aromatic carbocycles.